The molecular formula is C10H9F2NOS. The van der Waals surface area contributed by atoms with Crippen LogP contribution in [0.2, 0.25) is 0 Å². The minimum atomic E-state index is -3.48. The van der Waals surface area contributed by atoms with Crippen molar-refractivity contribution in [1.29, 1.82) is 0 Å². The number of isocyanates is 1. The Morgan fingerprint density at radius 1 is 1.53 bits per heavy atom. The van der Waals surface area contributed by atoms with Crippen LogP contribution in [0.4, 0.5) is 8.78 Å². The Hall–Kier alpha value is -1.19. The molecular weight excluding hydrogens is 220 g/mol. The molecule has 0 unspecified atom stereocenters. The third kappa shape index (κ3) is 3.15. The molecule has 2 nitrogen and oxygen atoms in total. The predicted octanol–water partition coefficient (Wildman–Crippen LogP) is 3.18. The van der Waals surface area contributed by atoms with Gasteiger partial charge in [0.1, 0.15) is 0 Å². The molecule has 1 rings (SSSR count). The van der Waals surface area contributed by atoms with Crippen molar-refractivity contribution in [3.05, 3.63) is 29.8 Å². The summed E-state index contributed by atoms with van der Waals surface area (Å²) in [5, 5.41) is 0. The number of aliphatic imine (C=N–C) groups is 1. The molecule has 1 aromatic carbocycles. The average Bonchev–Trinajstić information content (AvgIpc) is 2.19. The number of alkyl halides is 2. The largest absolute Gasteiger partial charge is 0.379 e. The minimum Gasteiger partial charge on any atom is -0.211 e. The average molecular weight is 229 g/mol. The van der Waals surface area contributed by atoms with Crippen molar-refractivity contribution in [2.24, 2.45) is 4.99 Å². The smallest absolute Gasteiger partial charge is 0.211 e. The van der Waals surface area contributed by atoms with Crippen LogP contribution in [0.3, 0.4) is 0 Å². The lowest BCUT2D eigenvalue weighted by atomic mass is 10.2. The highest BCUT2D eigenvalue weighted by Gasteiger charge is 2.30. The Morgan fingerprint density at radius 3 is 2.87 bits per heavy atom. The molecule has 0 aliphatic carbocycles. The second kappa shape index (κ2) is 5.05. The normalized spacial score (nSPS) is 10.9. The number of thioether (sulfide) groups is 1. The molecule has 1 aromatic rings. The molecule has 0 heterocycles. The molecule has 0 aliphatic heterocycles. The van der Waals surface area contributed by atoms with Gasteiger partial charge in [-0.15, -0.1) is 16.8 Å². The van der Waals surface area contributed by atoms with Gasteiger partial charge in [-0.3, -0.25) is 0 Å². The molecule has 0 aromatic heterocycles. The third-order valence-corrected chi connectivity index (χ3v) is 2.55. The van der Waals surface area contributed by atoms with Crippen LogP contribution in [0.1, 0.15) is 12.5 Å². The summed E-state index contributed by atoms with van der Waals surface area (Å²) in [5.41, 5.74) is -0.288. The molecule has 0 bridgehead atoms. The lowest BCUT2D eigenvalue weighted by Crippen LogP contribution is -2.09. The highest BCUT2D eigenvalue weighted by Crippen LogP contribution is 2.31. The van der Waals surface area contributed by atoms with E-state index < -0.39 is 6.05 Å². The van der Waals surface area contributed by atoms with Crippen molar-refractivity contribution < 1.29 is 13.6 Å². The van der Waals surface area contributed by atoms with Crippen LogP contribution in [-0.2, 0) is 10.8 Å². The SMILES string of the molecule is CCSc1cccc(C(F)(F)N=C=O)c1. The van der Waals surface area contributed by atoms with Crippen LogP contribution in [-0.4, -0.2) is 11.8 Å². The van der Waals surface area contributed by atoms with Crippen molar-refractivity contribution in [2.75, 3.05) is 5.75 Å². The van der Waals surface area contributed by atoms with Gasteiger partial charge in [0.25, 0.3) is 0 Å². The van der Waals surface area contributed by atoms with Crippen molar-refractivity contribution in [2.45, 2.75) is 17.9 Å². The van der Waals surface area contributed by atoms with Crippen molar-refractivity contribution >= 4 is 17.8 Å². The molecule has 5 heteroatoms. The Morgan fingerprint density at radius 2 is 2.27 bits per heavy atom. The Kier molecular flexibility index (Phi) is 4.00. The summed E-state index contributed by atoms with van der Waals surface area (Å²) in [6.45, 7) is 1.93. The van der Waals surface area contributed by atoms with Gasteiger partial charge in [0, 0.05) is 10.5 Å². The first-order valence-electron chi connectivity index (χ1n) is 4.30. The van der Waals surface area contributed by atoms with E-state index in [0.29, 0.717) is 0 Å². The highest BCUT2D eigenvalue weighted by molar-refractivity contribution is 7.99. The van der Waals surface area contributed by atoms with Crippen LogP contribution in [0.25, 0.3) is 0 Å². The Balaban J connectivity index is 3.04. The monoisotopic (exact) mass is 229 g/mol. The van der Waals surface area contributed by atoms with E-state index in [1.807, 2.05) is 6.92 Å². The number of carbonyl (C=O) groups excluding carboxylic acids is 1. The second-order valence-corrected chi connectivity index (χ2v) is 4.04. The maximum Gasteiger partial charge on any atom is 0.379 e. The topological polar surface area (TPSA) is 29.4 Å². The molecule has 80 valence electrons. The molecule has 15 heavy (non-hydrogen) atoms. The zero-order valence-corrected chi connectivity index (χ0v) is 8.85. The van der Waals surface area contributed by atoms with E-state index in [9.17, 15) is 13.6 Å². The fraction of sp³-hybridized carbons (Fsp3) is 0.300. The van der Waals surface area contributed by atoms with Crippen molar-refractivity contribution in [1.82, 2.24) is 0 Å². The maximum atomic E-state index is 13.1. The van der Waals surface area contributed by atoms with Gasteiger partial charge in [-0.1, -0.05) is 19.1 Å². The van der Waals surface area contributed by atoms with Crippen LogP contribution in [0.15, 0.2) is 34.2 Å². The van der Waals surface area contributed by atoms with Gasteiger partial charge in [-0.2, -0.15) is 8.78 Å². The van der Waals surface area contributed by atoms with Gasteiger partial charge < -0.3 is 0 Å². The molecule has 0 saturated heterocycles. The van der Waals surface area contributed by atoms with Crippen LogP contribution in [0.5, 0.6) is 0 Å². The molecule has 0 saturated carbocycles. The summed E-state index contributed by atoms with van der Waals surface area (Å²) >= 11 is 1.45. The summed E-state index contributed by atoms with van der Waals surface area (Å²) in [4.78, 5) is 13.0. The molecule has 0 fully saturated rings. The number of hydrogen-bond acceptors (Lipinski definition) is 3. The standard InChI is InChI=1S/C10H9F2NOS/c1-2-15-9-5-3-4-8(6-9)10(11,12)13-7-14/h3-6H,2H2,1H3. The van der Waals surface area contributed by atoms with Gasteiger partial charge in [-0.25, -0.2) is 4.79 Å². The van der Waals surface area contributed by atoms with Crippen LogP contribution < -0.4 is 0 Å². The number of hydrogen-bond donors (Lipinski definition) is 0. The quantitative estimate of drug-likeness (QED) is 0.343. The molecule has 0 N–H and O–H groups in total. The summed E-state index contributed by atoms with van der Waals surface area (Å²) in [6.07, 6.45) is 0.876. The Bertz CT molecular complexity index is 389. The first-order chi connectivity index (χ1) is 7.10. The third-order valence-electron chi connectivity index (χ3n) is 1.68. The van der Waals surface area contributed by atoms with Gasteiger partial charge in [-0.05, 0) is 17.9 Å². The van der Waals surface area contributed by atoms with E-state index in [2.05, 4.69) is 4.99 Å². The maximum absolute atomic E-state index is 13.1. The highest BCUT2D eigenvalue weighted by atomic mass is 32.2. The van der Waals surface area contributed by atoms with Gasteiger partial charge in [0.2, 0.25) is 6.08 Å². The first-order valence-corrected chi connectivity index (χ1v) is 5.29. The zero-order valence-electron chi connectivity index (χ0n) is 8.04. The summed E-state index contributed by atoms with van der Waals surface area (Å²) in [7, 11) is 0. The summed E-state index contributed by atoms with van der Waals surface area (Å²) in [5.74, 6) is 0.798. The fourth-order valence-corrected chi connectivity index (χ4v) is 1.78. The molecule has 0 amide bonds. The molecule has 0 aliphatic rings. The van der Waals surface area contributed by atoms with E-state index in [-0.39, 0.29) is 5.56 Å². The molecule has 0 spiro atoms. The van der Waals surface area contributed by atoms with Crippen LogP contribution >= 0.6 is 11.8 Å². The Labute approximate surface area is 90.4 Å². The number of rotatable bonds is 4. The van der Waals surface area contributed by atoms with Crippen molar-refractivity contribution in [3.8, 4) is 0 Å². The lowest BCUT2D eigenvalue weighted by molar-refractivity contribution is 0.00596. The van der Waals surface area contributed by atoms with E-state index in [4.69, 9.17) is 0 Å². The van der Waals surface area contributed by atoms with E-state index in [1.54, 1.807) is 6.07 Å². The van der Waals surface area contributed by atoms with E-state index in [1.165, 1.54) is 30.0 Å². The fourth-order valence-electron chi connectivity index (χ4n) is 1.06. The summed E-state index contributed by atoms with van der Waals surface area (Å²) in [6, 6.07) is 2.33. The zero-order chi connectivity index (χ0) is 11.3. The number of nitrogens with zero attached hydrogens (tertiary/aromatic N) is 1. The summed E-state index contributed by atoms with van der Waals surface area (Å²) < 4.78 is 26.3. The number of benzene rings is 1. The molecule has 0 radical (unpaired) electrons. The van der Waals surface area contributed by atoms with E-state index >= 15 is 0 Å². The number of halogens is 2. The second-order valence-electron chi connectivity index (χ2n) is 2.71. The van der Waals surface area contributed by atoms with Gasteiger partial charge >= 0.3 is 6.05 Å². The predicted molar refractivity (Wildman–Crippen MR) is 54.9 cm³/mol. The lowest BCUT2D eigenvalue weighted by Gasteiger charge is -2.10. The van der Waals surface area contributed by atoms with Gasteiger partial charge in [0.15, 0.2) is 0 Å². The first kappa shape index (κ1) is 11.9. The van der Waals surface area contributed by atoms with Crippen molar-refractivity contribution in [3.63, 3.8) is 0 Å². The minimum absolute atomic E-state index is 0.288. The molecule has 0 atom stereocenters. The van der Waals surface area contributed by atoms with Crippen LogP contribution in [0, 0.1) is 0 Å². The van der Waals surface area contributed by atoms with E-state index in [0.717, 1.165) is 16.7 Å². The van der Waals surface area contributed by atoms with Gasteiger partial charge in [0.05, 0.1) is 0 Å².